The van der Waals surface area contributed by atoms with Crippen LogP contribution in [0.1, 0.15) is 6.92 Å². The number of benzene rings is 2. The number of nitrogens with two attached hydrogens (primary N) is 1. The Bertz CT molecular complexity index is 466. The lowest BCUT2D eigenvalue weighted by Crippen LogP contribution is -2.23. The predicted octanol–water partition coefficient (Wildman–Crippen LogP) is 3.20. The van der Waals surface area contributed by atoms with Crippen LogP contribution in [0, 0.1) is 0 Å². The minimum atomic E-state index is 0.0326. The van der Waals surface area contributed by atoms with E-state index in [-0.39, 0.29) is 6.04 Å². The van der Waals surface area contributed by atoms with E-state index >= 15 is 0 Å². The summed E-state index contributed by atoms with van der Waals surface area (Å²) in [6.45, 7) is 2.42. The Morgan fingerprint density at radius 1 is 0.889 bits per heavy atom. The van der Waals surface area contributed by atoms with Crippen molar-refractivity contribution in [2.24, 2.45) is 5.73 Å². The highest BCUT2D eigenvalue weighted by atomic mass is 16.5. The molecular formula is C15H17NO2. The van der Waals surface area contributed by atoms with Crippen LogP contribution in [-0.2, 0) is 0 Å². The van der Waals surface area contributed by atoms with Gasteiger partial charge in [-0.1, -0.05) is 18.2 Å². The van der Waals surface area contributed by atoms with Gasteiger partial charge in [0.2, 0.25) is 0 Å². The highest BCUT2D eigenvalue weighted by molar-refractivity contribution is 5.35. The van der Waals surface area contributed by atoms with Crippen LogP contribution in [0.25, 0.3) is 0 Å². The topological polar surface area (TPSA) is 44.5 Å². The molecule has 2 rings (SSSR count). The maximum absolute atomic E-state index is 5.68. The van der Waals surface area contributed by atoms with Crippen LogP contribution in [0.5, 0.6) is 17.2 Å². The zero-order chi connectivity index (χ0) is 12.8. The normalized spacial score (nSPS) is 11.9. The Hall–Kier alpha value is -2.00. The molecule has 0 unspecified atom stereocenters. The molecule has 0 bridgehead atoms. The van der Waals surface area contributed by atoms with Gasteiger partial charge in [-0.2, -0.15) is 0 Å². The molecule has 3 nitrogen and oxygen atoms in total. The van der Waals surface area contributed by atoms with Crippen molar-refractivity contribution < 1.29 is 9.47 Å². The predicted molar refractivity (Wildman–Crippen MR) is 72.1 cm³/mol. The van der Waals surface area contributed by atoms with E-state index in [1.54, 1.807) is 0 Å². The number of hydrogen-bond donors (Lipinski definition) is 1. The van der Waals surface area contributed by atoms with Crippen LogP contribution in [0.4, 0.5) is 0 Å². The van der Waals surface area contributed by atoms with Gasteiger partial charge >= 0.3 is 0 Å². The van der Waals surface area contributed by atoms with Gasteiger partial charge in [-0.25, -0.2) is 0 Å². The molecular weight excluding hydrogens is 226 g/mol. The van der Waals surface area contributed by atoms with Gasteiger partial charge in [0.1, 0.15) is 23.9 Å². The Balaban J connectivity index is 1.95. The van der Waals surface area contributed by atoms with E-state index in [1.807, 2.05) is 61.5 Å². The van der Waals surface area contributed by atoms with E-state index in [0.29, 0.717) is 6.61 Å². The van der Waals surface area contributed by atoms with Crippen molar-refractivity contribution in [2.75, 3.05) is 6.61 Å². The number of ether oxygens (including phenoxy) is 2. The van der Waals surface area contributed by atoms with Crippen molar-refractivity contribution in [2.45, 2.75) is 13.0 Å². The highest BCUT2D eigenvalue weighted by Gasteiger charge is 1.99. The second-order valence-electron chi connectivity index (χ2n) is 4.17. The summed E-state index contributed by atoms with van der Waals surface area (Å²) in [6, 6.07) is 17.2. The minimum absolute atomic E-state index is 0.0326. The Kier molecular flexibility index (Phi) is 4.20. The lowest BCUT2D eigenvalue weighted by atomic mass is 10.3. The van der Waals surface area contributed by atoms with Crippen molar-refractivity contribution in [1.29, 1.82) is 0 Å². The van der Waals surface area contributed by atoms with Gasteiger partial charge < -0.3 is 15.2 Å². The van der Waals surface area contributed by atoms with Crippen LogP contribution in [-0.4, -0.2) is 12.6 Å². The quantitative estimate of drug-likeness (QED) is 0.877. The van der Waals surface area contributed by atoms with Crippen LogP contribution in [0.3, 0.4) is 0 Å². The molecule has 0 saturated heterocycles. The third kappa shape index (κ3) is 3.79. The van der Waals surface area contributed by atoms with Crippen molar-refractivity contribution in [3.05, 3.63) is 54.6 Å². The summed E-state index contributed by atoms with van der Waals surface area (Å²) in [4.78, 5) is 0. The molecule has 0 amide bonds. The summed E-state index contributed by atoms with van der Waals surface area (Å²) in [5, 5.41) is 0. The van der Waals surface area contributed by atoms with Gasteiger partial charge in [0, 0.05) is 6.04 Å². The zero-order valence-corrected chi connectivity index (χ0v) is 10.4. The lowest BCUT2D eigenvalue weighted by Gasteiger charge is -2.09. The van der Waals surface area contributed by atoms with Crippen molar-refractivity contribution in [1.82, 2.24) is 0 Å². The first kappa shape index (κ1) is 12.5. The van der Waals surface area contributed by atoms with Gasteiger partial charge in [0.25, 0.3) is 0 Å². The van der Waals surface area contributed by atoms with Crippen LogP contribution in [0.2, 0.25) is 0 Å². The van der Waals surface area contributed by atoms with Gasteiger partial charge in [-0.15, -0.1) is 0 Å². The number of hydrogen-bond acceptors (Lipinski definition) is 3. The summed E-state index contributed by atoms with van der Waals surface area (Å²) in [7, 11) is 0. The maximum Gasteiger partial charge on any atom is 0.127 e. The maximum atomic E-state index is 5.68. The first-order valence-electron chi connectivity index (χ1n) is 5.95. The smallest absolute Gasteiger partial charge is 0.127 e. The van der Waals surface area contributed by atoms with Gasteiger partial charge in [-0.3, -0.25) is 0 Å². The van der Waals surface area contributed by atoms with E-state index in [0.717, 1.165) is 17.2 Å². The van der Waals surface area contributed by atoms with Crippen molar-refractivity contribution in [3.63, 3.8) is 0 Å². The molecule has 0 saturated carbocycles. The fourth-order valence-electron chi connectivity index (χ4n) is 1.46. The molecule has 0 spiro atoms. The molecule has 94 valence electrons. The van der Waals surface area contributed by atoms with E-state index in [1.165, 1.54) is 0 Å². The number of rotatable bonds is 5. The summed E-state index contributed by atoms with van der Waals surface area (Å²) < 4.78 is 11.2. The van der Waals surface area contributed by atoms with Crippen LogP contribution < -0.4 is 15.2 Å². The molecule has 2 N–H and O–H groups in total. The third-order valence-corrected chi connectivity index (χ3v) is 2.32. The van der Waals surface area contributed by atoms with Gasteiger partial charge in [-0.05, 0) is 43.3 Å². The lowest BCUT2D eigenvalue weighted by molar-refractivity contribution is 0.296. The molecule has 0 aliphatic heterocycles. The fraction of sp³-hybridized carbons (Fsp3) is 0.200. The van der Waals surface area contributed by atoms with E-state index < -0.39 is 0 Å². The summed E-state index contributed by atoms with van der Waals surface area (Å²) in [5.74, 6) is 2.41. The van der Waals surface area contributed by atoms with Gasteiger partial charge in [0.15, 0.2) is 0 Å². The first-order chi connectivity index (χ1) is 8.74. The van der Waals surface area contributed by atoms with Gasteiger partial charge in [0.05, 0.1) is 0 Å². The van der Waals surface area contributed by atoms with E-state index in [2.05, 4.69) is 0 Å². The molecule has 3 heteroatoms. The molecule has 0 heterocycles. The van der Waals surface area contributed by atoms with Crippen LogP contribution in [0.15, 0.2) is 54.6 Å². The van der Waals surface area contributed by atoms with Crippen molar-refractivity contribution in [3.8, 4) is 17.2 Å². The monoisotopic (exact) mass is 243 g/mol. The summed E-state index contributed by atoms with van der Waals surface area (Å²) in [5.41, 5.74) is 5.62. The second-order valence-corrected chi connectivity index (χ2v) is 4.17. The molecule has 0 aromatic heterocycles. The molecule has 18 heavy (non-hydrogen) atoms. The molecule has 0 aliphatic carbocycles. The SMILES string of the molecule is C[C@@H](N)COc1ccc(Oc2ccccc2)cc1. The van der Waals surface area contributed by atoms with E-state index in [9.17, 15) is 0 Å². The van der Waals surface area contributed by atoms with Crippen molar-refractivity contribution >= 4 is 0 Å². The number of para-hydroxylation sites is 1. The standard InChI is InChI=1S/C15H17NO2/c1-12(16)11-17-13-7-9-15(10-8-13)18-14-5-3-2-4-6-14/h2-10,12H,11,16H2,1H3/t12-/m1/s1. The van der Waals surface area contributed by atoms with Crippen LogP contribution >= 0.6 is 0 Å². The second kappa shape index (κ2) is 6.07. The first-order valence-corrected chi connectivity index (χ1v) is 5.95. The molecule has 2 aromatic carbocycles. The Labute approximate surface area is 107 Å². The minimum Gasteiger partial charge on any atom is -0.492 e. The van der Waals surface area contributed by atoms with E-state index in [4.69, 9.17) is 15.2 Å². The Morgan fingerprint density at radius 2 is 1.44 bits per heavy atom. The third-order valence-electron chi connectivity index (χ3n) is 2.32. The highest BCUT2D eigenvalue weighted by Crippen LogP contribution is 2.23. The fourth-order valence-corrected chi connectivity index (χ4v) is 1.46. The average molecular weight is 243 g/mol. The molecule has 2 aromatic rings. The Morgan fingerprint density at radius 3 is 2.06 bits per heavy atom. The largest absolute Gasteiger partial charge is 0.492 e. The summed E-state index contributed by atoms with van der Waals surface area (Å²) in [6.07, 6.45) is 0. The molecule has 1 atom stereocenters. The average Bonchev–Trinajstić information content (AvgIpc) is 2.39. The molecule has 0 fully saturated rings. The molecule has 0 radical (unpaired) electrons. The zero-order valence-electron chi connectivity index (χ0n) is 10.4. The summed E-state index contributed by atoms with van der Waals surface area (Å²) >= 11 is 0. The molecule has 0 aliphatic rings.